The number of carbonyl (C=O) groups is 2. The molecule has 0 heterocycles. The molecule has 2 rings (SSSR count). The van der Waals surface area contributed by atoms with Crippen molar-refractivity contribution >= 4 is 11.9 Å². The quantitative estimate of drug-likeness (QED) is 0.467. The van der Waals surface area contributed by atoms with Crippen LogP contribution in [-0.4, -0.2) is 31.4 Å². The van der Waals surface area contributed by atoms with Crippen molar-refractivity contribution in [1.82, 2.24) is 0 Å². The van der Waals surface area contributed by atoms with E-state index < -0.39 is 17.7 Å². The first-order valence-corrected chi connectivity index (χ1v) is 9.96. The lowest BCUT2D eigenvalue weighted by Crippen LogP contribution is -2.40. The summed E-state index contributed by atoms with van der Waals surface area (Å²) in [6.45, 7) is 12.0. The van der Waals surface area contributed by atoms with Crippen molar-refractivity contribution in [3.8, 4) is 0 Å². The van der Waals surface area contributed by atoms with Crippen LogP contribution < -0.4 is 0 Å². The van der Waals surface area contributed by atoms with Crippen molar-refractivity contribution in [2.24, 2.45) is 22.2 Å². The zero-order chi connectivity index (χ0) is 19.6. The largest absolute Gasteiger partial charge is 0.453 e. The molecule has 0 radical (unpaired) electrons. The van der Waals surface area contributed by atoms with E-state index in [-0.39, 0.29) is 23.4 Å². The molecule has 0 aliphatic heterocycles. The third kappa shape index (κ3) is 5.21. The number of rotatable bonds is 8. The molecule has 0 N–H and O–H groups in total. The monoisotopic (exact) mass is 368 g/mol. The van der Waals surface area contributed by atoms with Gasteiger partial charge in [-0.05, 0) is 63.7 Å². The minimum atomic E-state index is -0.592. The third-order valence-corrected chi connectivity index (χ3v) is 5.96. The molecule has 2 fully saturated rings. The molecular weight excluding hydrogens is 332 g/mol. The van der Waals surface area contributed by atoms with Gasteiger partial charge in [0.25, 0.3) is 0 Å². The van der Waals surface area contributed by atoms with Gasteiger partial charge in [0.2, 0.25) is 6.29 Å². The van der Waals surface area contributed by atoms with Crippen LogP contribution in [0.15, 0.2) is 0 Å². The molecule has 2 bridgehead atoms. The molecule has 2 aliphatic carbocycles. The van der Waals surface area contributed by atoms with E-state index in [9.17, 15) is 9.59 Å². The summed E-state index contributed by atoms with van der Waals surface area (Å²) in [6.07, 6.45) is 5.64. The average Bonchev–Trinajstić information content (AvgIpc) is 3.17. The van der Waals surface area contributed by atoms with E-state index in [0.717, 1.165) is 25.2 Å². The van der Waals surface area contributed by atoms with Gasteiger partial charge in [0.1, 0.15) is 0 Å². The summed E-state index contributed by atoms with van der Waals surface area (Å²) in [5.41, 5.74) is -0.654. The molecule has 150 valence electrons. The lowest BCUT2D eigenvalue weighted by atomic mass is 9.83. The van der Waals surface area contributed by atoms with Crippen LogP contribution in [-0.2, 0) is 23.8 Å². The molecule has 0 aromatic rings. The highest BCUT2D eigenvalue weighted by atomic mass is 16.7. The summed E-state index contributed by atoms with van der Waals surface area (Å²) in [7, 11) is 0. The number of carbonyl (C=O) groups excluding carboxylic acids is 2. The second-order valence-electron chi connectivity index (χ2n) is 10.0. The predicted molar refractivity (Wildman–Crippen MR) is 99.3 cm³/mol. The summed E-state index contributed by atoms with van der Waals surface area (Å²) >= 11 is 0. The minimum Gasteiger partial charge on any atom is -0.453 e. The molecule has 5 heteroatoms. The number of fused-ring (bicyclic) bond motifs is 2. The summed E-state index contributed by atoms with van der Waals surface area (Å²) in [4.78, 5) is 24.4. The molecule has 1 unspecified atom stereocenters. The molecule has 5 nitrogen and oxygen atoms in total. The second kappa shape index (κ2) is 7.87. The van der Waals surface area contributed by atoms with Crippen molar-refractivity contribution < 1.29 is 23.8 Å². The zero-order valence-corrected chi connectivity index (χ0v) is 17.4. The van der Waals surface area contributed by atoms with Gasteiger partial charge in [-0.1, -0.05) is 27.7 Å². The Kier molecular flexibility index (Phi) is 6.42. The zero-order valence-electron chi connectivity index (χ0n) is 17.4. The van der Waals surface area contributed by atoms with Gasteiger partial charge in [-0.2, -0.15) is 0 Å². The highest BCUT2D eigenvalue weighted by Gasteiger charge is 2.52. The topological polar surface area (TPSA) is 61.8 Å². The highest BCUT2D eigenvalue weighted by Crippen LogP contribution is 2.57. The molecule has 0 spiro atoms. The first-order chi connectivity index (χ1) is 12.0. The van der Waals surface area contributed by atoms with E-state index in [1.165, 1.54) is 12.8 Å². The Hall–Kier alpha value is -1.10. The Bertz CT molecular complexity index is 509. The minimum absolute atomic E-state index is 0.00444. The van der Waals surface area contributed by atoms with Crippen molar-refractivity contribution in [2.45, 2.75) is 86.4 Å². The van der Waals surface area contributed by atoms with Crippen LogP contribution >= 0.6 is 0 Å². The van der Waals surface area contributed by atoms with Gasteiger partial charge in [-0.25, -0.2) is 4.79 Å². The first kappa shape index (κ1) is 21.2. The van der Waals surface area contributed by atoms with E-state index >= 15 is 0 Å². The maximum Gasteiger partial charge on any atom is 0.346 e. The molecule has 0 amide bonds. The predicted octanol–water partition coefficient (Wildman–Crippen LogP) is 4.48. The van der Waals surface area contributed by atoms with Gasteiger partial charge >= 0.3 is 11.9 Å². The fourth-order valence-electron chi connectivity index (χ4n) is 3.85. The Morgan fingerprint density at radius 2 is 1.73 bits per heavy atom. The Morgan fingerprint density at radius 3 is 2.19 bits per heavy atom. The van der Waals surface area contributed by atoms with Gasteiger partial charge in [0.15, 0.2) is 6.61 Å². The second-order valence-corrected chi connectivity index (χ2v) is 10.0. The van der Waals surface area contributed by atoms with Crippen LogP contribution in [0.2, 0.25) is 0 Å². The van der Waals surface area contributed by atoms with E-state index in [1.807, 2.05) is 20.8 Å². The van der Waals surface area contributed by atoms with Crippen LogP contribution in [0.25, 0.3) is 0 Å². The van der Waals surface area contributed by atoms with E-state index in [0.29, 0.717) is 13.0 Å². The summed E-state index contributed by atoms with van der Waals surface area (Å²) in [5.74, 6) is -0.157. The Balaban J connectivity index is 1.95. The van der Waals surface area contributed by atoms with Crippen molar-refractivity contribution in [1.29, 1.82) is 0 Å². The molecule has 0 aromatic heterocycles. The van der Waals surface area contributed by atoms with E-state index in [4.69, 9.17) is 14.2 Å². The van der Waals surface area contributed by atoms with Gasteiger partial charge in [-0.15, -0.1) is 0 Å². The number of ether oxygens (including phenoxy) is 3. The molecule has 0 saturated heterocycles. The first-order valence-electron chi connectivity index (χ1n) is 9.96. The van der Waals surface area contributed by atoms with Crippen LogP contribution in [0.5, 0.6) is 0 Å². The van der Waals surface area contributed by atoms with Gasteiger partial charge < -0.3 is 14.2 Å². The molecule has 2 aliphatic rings. The van der Waals surface area contributed by atoms with Crippen LogP contribution in [0, 0.1) is 22.2 Å². The third-order valence-electron chi connectivity index (χ3n) is 5.96. The SMILES string of the molecule is CCC(C)(C)C(=O)OCC(=O)OC(OCC(C)(C)C)C12CCC(CC1)C2. The van der Waals surface area contributed by atoms with Gasteiger partial charge in [0, 0.05) is 5.41 Å². The van der Waals surface area contributed by atoms with Gasteiger partial charge in [-0.3, -0.25) is 4.79 Å². The summed E-state index contributed by atoms with van der Waals surface area (Å²) in [6, 6.07) is 0. The maximum absolute atomic E-state index is 12.3. The van der Waals surface area contributed by atoms with E-state index in [2.05, 4.69) is 20.8 Å². The average molecular weight is 369 g/mol. The molecule has 1 atom stereocenters. The normalized spacial score (nSPS) is 26.6. The molecule has 2 saturated carbocycles. The molecule has 0 aromatic carbocycles. The van der Waals surface area contributed by atoms with Crippen molar-refractivity contribution in [2.75, 3.05) is 13.2 Å². The van der Waals surface area contributed by atoms with Crippen molar-refractivity contribution in [3.05, 3.63) is 0 Å². The lowest BCUT2D eigenvalue weighted by molar-refractivity contribution is -0.221. The fourth-order valence-corrected chi connectivity index (χ4v) is 3.85. The Labute approximate surface area is 158 Å². The Morgan fingerprint density at radius 1 is 1.12 bits per heavy atom. The number of esters is 2. The maximum atomic E-state index is 12.3. The number of hydrogen-bond donors (Lipinski definition) is 0. The highest BCUT2D eigenvalue weighted by molar-refractivity contribution is 5.79. The van der Waals surface area contributed by atoms with E-state index in [1.54, 1.807) is 0 Å². The number of hydrogen-bond acceptors (Lipinski definition) is 5. The summed E-state index contributed by atoms with van der Waals surface area (Å²) in [5, 5.41) is 0. The van der Waals surface area contributed by atoms with Gasteiger partial charge in [0.05, 0.1) is 12.0 Å². The van der Waals surface area contributed by atoms with Crippen LogP contribution in [0.1, 0.15) is 80.1 Å². The lowest BCUT2D eigenvalue weighted by Gasteiger charge is -2.36. The van der Waals surface area contributed by atoms with Crippen LogP contribution in [0.3, 0.4) is 0 Å². The molecule has 26 heavy (non-hydrogen) atoms. The van der Waals surface area contributed by atoms with Crippen molar-refractivity contribution in [3.63, 3.8) is 0 Å². The molecular formula is C21H36O5. The summed E-state index contributed by atoms with van der Waals surface area (Å²) < 4.78 is 17.0. The smallest absolute Gasteiger partial charge is 0.346 e. The fraction of sp³-hybridized carbons (Fsp3) is 0.905. The van der Waals surface area contributed by atoms with Crippen LogP contribution in [0.4, 0.5) is 0 Å². The standard InChI is InChI=1S/C21H36O5/c1-7-20(5,6)17(23)24-13-16(22)26-18(25-14-19(2,3)4)21-10-8-15(12-21)9-11-21/h15,18H,7-14H2,1-6H3.